The van der Waals surface area contributed by atoms with Crippen LogP contribution in [0.15, 0.2) is 34.9 Å². The van der Waals surface area contributed by atoms with Gasteiger partial charge >= 0.3 is 0 Å². The first-order valence-corrected chi connectivity index (χ1v) is 7.12. The average molecular weight is 287 g/mol. The van der Waals surface area contributed by atoms with Gasteiger partial charge in [-0.15, -0.1) is 0 Å². The number of fused-ring (bicyclic) bond motifs is 1. The van der Waals surface area contributed by atoms with Crippen molar-refractivity contribution in [2.45, 2.75) is 26.3 Å². The molecule has 0 fully saturated rings. The van der Waals surface area contributed by atoms with Gasteiger partial charge in [-0.3, -0.25) is 4.79 Å². The van der Waals surface area contributed by atoms with Gasteiger partial charge in [0.2, 0.25) is 0 Å². The van der Waals surface area contributed by atoms with E-state index < -0.39 is 6.04 Å². The van der Waals surface area contributed by atoms with E-state index in [-0.39, 0.29) is 11.8 Å². The number of hydrogen-bond donors (Lipinski definition) is 2. The summed E-state index contributed by atoms with van der Waals surface area (Å²) in [6.45, 7) is 4.39. The highest BCUT2D eigenvalue weighted by Crippen LogP contribution is 2.24. The predicted molar refractivity (Wildman–Crippen MR) is 84.0 cm³/mol. The predicted octanol–water partition coefficient (Wildman–Crippen LogP) is 1.94. The number of hydrogen-bond acceptors (Lipinski definition) is 4. The lowest BCUT2D eigenvalue weighted by atomic mass is 10.00. The Balaban J connectivity index is 1.94. The molecule has 0 aliphatic carbocycles. The van der Waals surface area contributed by atoms with Crippen LogP contribution in [0.1, 0.15) is 25.8 Å². The zero-order chi connectivity index (χ0) is 15.2. The Kier molecular flexibility index (Phi) is 5.11. The minimum absolute atomic E-state index is 0.129. The Morgan fingerprint density at radius 2 is 2.29 bits per heavy atom. The molecule has 5 heteroatoms. The fourth-order valence-corrected chi connectivity index (χ4v) is 1.97. The molecule has 0 radical (unpaired) electrons. The number of nitrogens with zero attached hydrogens (tertiary/aromatic N) is 1. The van der Waals surface area contributed by atoms with Crippen molar-refractivity contribution in [1.82, 2.24) is 5.43 Å². The molecule has 5 nitrogen and oxygen atoms in total. The van der Waals surface area contributed by atoms with Crippen molar-refractivity contribution in [2.24, 2.45) is 16.8 Å². The van der Waals surface area contributed by atoms with Gasteiger partial charge in [0.25, 0.3) is 5.91 Å². The first kappa shape index (κ1) is 15.3. The molecule has 0 spiro atoms. The number of ether oxygens (including phenoxy) is 1. The summed E-state index contributed by atoms with van der Waals surface area (Å²) in [5, 5.41) is 3.95. The number of para-hydroxylation sites is 1. The van der Waals surface area contributed by atoms with Gasteiger partial charge in [0.15, 0.2) is 0 Å². The van der Waals surface area contributed by atoms with Crippen LogP contribution in [0.4, 0.5) is 0 Å². The van der Waals surface area contributed by atoms with E-state index in [1.54, 1.807) is 6.21 Å². The van der Waals surface area contributed by atoms with Gasteiger partial charge in [0.1, 0.15) is 12.4 Å². The smallest absolute Gasteiger partial charge is 0.257 e. The maximum atomic E-state index is 11.8. The first-order chi connectivity index (χ1) is 10.1. The van der Waals surface area contributed by atoms with Crippen LogP contribution in [-0.2, 0) is 4.79 Å². The maximum absolute atomic E-state index is 11.8. The summed E-state index contributed by atoms with van der Waals surface area (Å²) in [5.41, 5.74) is 10.2. The molecule has 0 unspecified atom stereocenters. The number of amides is 1. The van der Waals surface area contributed by atoms with E-state index in [2.05, 4.69) is 10.5 Å². The van der Waals surface area contributed by atoms with E-state index in [0.717, 1.165) is 23.3 Å². The van der Waals surface area contributed by atoms with Crippen LogP contribution in [-0.4, -0.2) is 24.8 Å². The summed E-state index contributed by atoms with van der Waals surface area (Å²) in [6.07, 6.45) is 4.44. The third kappa shape index (κ3) is 3.92. The molecule has 1 heterocycles. The molecule has 1 aliphatic rings. The second kappa shape index (κ2) is 7.04. The van der Waals surface area contributed by atoms with Gasteiger partial charge in [-0.2, -0.15) is 5.10 Å². The fourth-order valence-electron chi connectivity index (χ4n) is 1.97. The largest absolute Gasteiger partial charge is 0.488 e. The summed E-state index contributed by atoms with van der Waals surface area (Å²) in [7, 11) is 0. The van der Waals surface area contributed by atoms with Gasteiger partial charge in [0, 0.05) is 11.1 Å². The number of hydrazone groups is 1. The molecule has 1 aromatic rings. The number of benzene rings is 1. The van der Waals surface area contributed by atoms with Crippen molar-refractivity contribution < 1.29 is 9.53 Å². The van der Waals surface area contributed by atoms with E-state index in [4.69, 9.17) is 10.5 Å². The van der Waals surface area contributed by atoms with Crippen molar-refractivity contribution in [3.63, 3.8) is 0 Å². The van der Waals surface area contributed by atoms with Crippen LogP contribution in [0, 0.1) is 5.92 Å². The zero-order valence-electron chi connectivity index (χ0n) is 12.4. The third-order valence-corrected chi connectivity index (χ3v) is 3.62. The molecule has 1 aromatic carbocycles. The summed E-state index contributed by atoms with van der Waals surface area (Å²) in [4.78, 5) is 11.8. The number of carbonyl (C=O) groups is 1. The molecule has 3 N–H and O–H groups in total. The highest BCUT2D eigenvalue weighted by Gasteiger charge is 2.18. The van der Waals surface area contributed by atoms with E-state index in [1.165, 1.54) is 0 Å². The normalized spacial score (nSPS) is 16.6. The Morgan fingerprint density at radius 1 is 1.52 bits per heavy atom. The quantitative estimate of drug-likeness (QED) is 0.642. The average Bonchev–Trinajstić information content (AvgIpc) is 2.53. The van der Waals surface area contributed by atoms with Crippen molar-refractivity contribution in [3.8, 4) is 5.75 Å². The number of nitrogens with one attached hydrogen (secondary N) is 1. The Hall–Kier alpha value is -2.14. The molecule has 21 heavy (non-hydrogen) atoms. The third-order valence-electron chi connectivity index (χ3n) is 3.62. The second-order valence-electron chi connectivity index (χ2n) is 5.19. The molecule has 0 bridgehead atoms. The summed E-state index contributed by atoms with van der Waals surface area (Å²) < 4.78 is 5.60. The van der Waals surface area contributed by atoms with E-state index in [9.17, 15) is 4.79 Å². The van der Waals surface area contributed by atoms with Gasteiger partial charge in [-0.05, 0) is 18.1 Å². The minimum atomic E-state index is -0.538. The summed E-state index contributed by atoms with van der Waals surface area (Å²) >= 11 is 0. The molecule has 0 saturated heterocycles. The SMILES string of the molecule is CC[C@H](C)[C@@H](N)C(=O)N/N=C\C1=Cc2ccccc2OC1. The molecule has 0 aromatic heterocycles. The Labute approximate surface area is 124 Å². The summed E-state index contributed by atoms with van der Waals surface area (Å²) in [5.74, 6) is 0.722. The highest BCUT2D eigenvalue weighted by atomic mass is 16.5. The van der Waals surface area contributed by atoms with E-state index >= 15 is 0 Å². The van der Waals surface area contributed by atoms with Gasteiger partial charge < -0.3 is 10.5 Å². The monoisotopic (exact) mass is 287 g/mol. The summed E-state index contributed by atoms with van der Waals surface area (Å²) in [6, 6.07) is 7.24. The van der Waals surface area contributed by atoms with Crippen molar-refractivity contribution in [2.75, 3.05) is 6.61 Å². The van der Waals surface area contributed by atoms with E-state index in [1.807, 2.05) is 44.2 Å². The maximum Gasteiger partial charge on any atom is 0.257 e. The lowest BCUT2D eigenvalue weighted by Crippen LogP contribution is -2.42. The van der Waals surface area contributed by atoms with Gasteiger partial charge in [0.05, 0.1) is 12.3 Å². The van der Waals surface area contributed by atoms with Crippen molar-refractivity contribution in [1.29, 1.82) is 0 Å². The van der Waals surface area contributed by atoms with Crippen molar-refractivity contribution in [3.05, 3.63) is 35.4 Å². The molecule has 2 atom stereocenters. The van der Waals surface area contributed by atoms with Crippen LogP contribution in [0.5, 0.6) is 5.75 Å². The van der Waals surface area contributed by atoms with Crippen LogP contribution >= 0.6 is 0 Å². The second-order valence-corrected chi connectivity index (χ2v) is 5.19. The number of carbonyl (C=O) groups excluding carboxylic acids is 1. The molecule has 1 aliphatic heterocycles. The standard InChI is InChI=1S/C16H21N3O2/c1-3-11(2)15(17)16(20)19-18-9-12-8-13-6-4-5-7-14(13)21-10-12/h4-9,11,15H,3,10,17H2,1-2H3,(H,19,20)/b18-9-/t11-,15+/m0/s1. The van der Waals surface area contributed by atoms with E-state index in [0.29, 0.717) is 6.61 Å². The fraction of sp³-hybridized carbons (Fsp3) is 0.375. The van der Waals surface area contributed by atoms with Crippen LogP contribution < -0.4 is 15.9 Å². The molecular weight excluding hydrogens is 266 g/mol. The molecule has 1 amide bonds. The van der Waals surface area contributed by atoms with Crippen LogP contribution in [0.3, 0.4) is 0 Å². The van der Waals surface area contributed by atoms with Gasteiger partial charge in [-0.1, -0.05) is 38.5 Å². The minimum Gasteiger partial charge on any atom is -0.488 e. The van der Waals surface area contributed by atoms with Crippen LogP contribution in [0.2, 0.25) is 0 Å². The van der Waals surface area contributed by atoms with Crippen molar-refractivity contribution >= 4 is 18.2 Å². The van der Waals surface area contributed by atoms with Crippen LogP contribution in [0.25, 0.3) is 6.08 Å². The Bertz CT molecular complexity index is 566. The van der Waals surface area contributed by atoms with Gasteiger partial charge in [-0.25, -0.2) is 5.43 Å². The lowest BCUT2D eigenvalue weighted by molar-refractivity contribution is -0.123. The topological polar surface area (TPSA) is 76.7 Å². The number of nitrogens with two attached hydrogens (primary N) is 1. The molecule has 0 saturated carbocycles. The zero-order valence-corrected chi connectivity index (χ0v) is 12.4. The molecule has 112 valence electrons. The molecular formula is C16H21N3O2. The number of rotatable bonds is 5. The highest BCUT2D eigenvalue weighted by molar-refractivity contribution is 5.89. The Morgan fingerprint density at radius 3 is 3.05 bits per heavy atom. The lowest BCUT2D eigenvalue weighted by Gasteiger charge is -2.16. The molecule has 2 rings (SSSR count). The first-order valence-electron chi connectivity index (χ1n) is 7.12.